The van der Waals surface area contributed by atoms with Gasteiger partial charge in [-0.15, -0.1) is 0 Å². The molecule has 0 saturated heterocycles. The molecule has 1 atom stereocenters. The molecular weight excluding hydrogens is 280 g/mol. The van der Waals surface area contributed by atoms with Gasteiger partial charge in [0.1, 0.15) is 0 Å². The Morgan fingerprint density at radius 2 is 1.76 bits per heavy atom. The molecule has 1 aromatic carbocycles. The van der Waals surface area contributed by atoms with Gasteiger partial charge in [-0.25, -0.2) is 0 Å². The van der Waals surface area contributed by atoms with Gasteiger partial charge < -0.3 is 9.88 Å². The third-order valence-corrected chi connectivity index (χ3v) is 4.54. The van der Waals surface area contributed by atoms with E-state index in [0.29, 0.717) is 12.0 Å². The molecule has 0 spiro atoms. The highest BCUT2D eigenvalue weighted by Gasteiger charge is 2.16. The Bertz CT molecular complexity index is 596. The minimum absolute atomic E-state index is 0.335. The molecule has 2 rings (SSSR count). The molecule has 3 heteroatoms. The molecule has 2 nitrogen and oxygen atoms in total. The highest BCUT2D eigenvalue weighted by atomic mass is 35.5. The van der Waals surface area contributed by atoms with Crippen molar-refractivity contribution in [2.75, 3.05) is 0 Å². The number of aromatic nitrogens is 1. The van der Waals surface area contributed by atoms with Crippen LogP contribution in [0.4, 0.5) is 0 Å². The Hall–Kier alpha value is -1.25. The standard InChI is InChI=1S/C18H25ClN2/c1-12(2)18(15-6-8-17(19)9-7-15)20-11-16-10-13(3)21(5)14(16)4/h6-10,12,18,20H,11H2,1-5H3. The second-order valence-corrected chi connectivity index (χ2v) is 6.55. The fourth-order valence-electron chi connectivity index (χ4n) is 2.74. The van der Waals surface area contributed by atoms with Crippen LogP contribution < -0.4 is 5.32 Å². The van der Waals surface area contributed by atoms with Crippen molar-refractivity contribution in [1.29, 1.82) is 0 Å². The molecular formula is C18H25ClN2. The summed E-state index contributed by atoms with van der Waals surface area (Å²) in [6.45, 7) is 9.70. The van der Waals surface area contributed by atoms with Crippen molar-refractivity contribution in [3.05, 3.63) is 57.9 Å². The van der Waals surface area contributed by atoms with Crippen LogP contribution in [-0.4, -0.2) is 4.57 Å². The lowest BCUT2D eigenvalue weighted by atomic mass is 9.96. The summed E-state index contributed by atoms with van der Waals surface area (Å²) in [5.41, 5.74) is 5.30. The van der Waals surface area contributed by atoms with Crippen LogP contribution >= 0.6 is 11.6 Å². The smallest absolute Gasteiger partial charge is 0.0406 e. The molecule has 0 radical (unpaired) electrons. The number of hydrogen-bond acceptors (Lipinski definition) is 1. The summed E-state index contributed by atoms with van der Waals surface area (Å²) in [5.74, 6) is 0.524. The first-order valence-corrected chi connectivity index (χ1v) is 7.88. The molecule has 0 saturated carbocycles. The van der Waals surface area contributed by atoms with Crippen LogP contribution in [0.5, 0.6) is 0 Å². The minimum atomic E-state index is 0.335. The maximum Gasteiger partial charge on any atom is 0.0406 e. The largest absolute Gasteiger partial charge is 0.352 e. The molecule has 1 aromatic heterocycles. The Balaban J connectivity index is 2.13. The summed E-state index contributed by atoms with van der Waals surface area (Å²) in [4.78, 5) is 0. The Kier molecular flexibility index (Phi) is 5.13. The van der Waals surface area contributed by atoms with E-state index in [1.54, 1.807) is 0 Å². The first-order valence-electron chi connectivity index (χ1n) is 7.50. The van der Waals surface area contributed by atoms with Gasteiger partial charge in [-0.05, 0) is 49.1 Å². The van der Waals surface area contributed by atoms with E-state index < -0.39 is 0 Å². The van der Waals surface area contributed by atoms with Gasteiger partial charge in [-0.1, -0.05) is 37.6 Å². The SMILES string of the molecule is Cc1cc(CNC(c2ccc(Cl)cc2)C(C)C)c(C)n1C. The molecule has 0 amide bonds. The zero-order valence-electron chi connectivity index (χ0n) is 13.6. The molecule has 0 aliphatic heterocycles. The Labute approximate surface area is 133 Å². The number of rotatable bonds is 5. The summed E-state index contributed by atoms with van der Waals surface area (Å²) in [6, 6.07) is 10.8. The maximum atomic E-state index is 5.99. The third kappa shape index (κ3) is 3.69. The van der Waals surface area contributed by atoms with E-state index in [-0.39, 0.29) is 0 Å². The van der Waals surface area contributed by atoms with Gasteiger partial charge in [-0.2, -0.15) is 0 Å². The van der Waals surface area contributed by atoms with Crippen LogP contribution in [0.3, 0.4) is 0 Å². The van der Waals surface area contributed by atoms with E-state index in [1.165, 1.54) is 22.5 Å². The summed E-state index contributed by atoms with van der Waals surface area (Å²) < 4.78 is 2.24. The first-order chi connectivity index (χ1) is 9.90. The van der Waals surface area contributed by atoms with E-state index in [0.717, 1.165) is 11.6 Å². The molecule has 1 heterocycles. The number of benzene rings is 1. The quantitative estimate of drug-likeness (QED) is 0.841. The number of halogens is 1. The highest BCUT2D eigenvalue weighted by molar-refractivity contribution is 6.30. The van der Waals surface area contributed by atoms with Crippen LogP contribution in [0.2, 0.25) is 5.02 Å². The topological polar surface area (TPSA) is 17.0 Å². The van der Waals surface area contributed by atoms with Crippen LogP contribution in [0.15, 0.2) is 30.3 Å². The molecule has 0 fully saturated rings. The van der Waals surface area contributed by atoms with Crippen molar-refractivity contribution >= 4 is 11.6 Å². The van der Waals surface area contributed by atoms with Crippen LogP contribution in [0.1, 0.15) is 42.4 Å². The molecule has 114 valence electrons. The third-order valence-electron chi connectivity index (χ3n) is 4.29. The summed E-state index contributed by atoms with van der Waals surface area (Å²) in [6.07, 6.45) is 0. The second-order valence-electron chi connectivity index (χ2n) is 6.11. The monoisotopic (exact) mass is 304 g/mol. The normalized spacial score (nSPS) is 12.9. The molecule has 1 unspecified atom stereocenters. The van der Waals surface area contributed by atoms with Crippen molar-refractivity contribution in [1.82, 2.24) is 9.88 Å². The van der Waals surface area contributed by atoms with Gasteiger partial charge in [-0.3, -0.25) is 0 Å². The average Bonchev–Trinajstić information content (AvgIpc) is 2.68. The second kappa shape index (κ2) is 6.67. The summed E-state index contributed by atoms with van der Waals surface area (Å²) in [7, 11) is 2.12. The van der Waals surface area contributed by atoms with Crippen molar-refractivity contribution in [3.8, 4) is 0 Å². The number of aryl methyl sites for hydroxylation is 1. The summed E-state index contributed by atoms with van der Waals surface area (Å²) in [5, 5.41) is 4.48. The summed E-state index contributed by atoms with van der Waals surface area (Å²) >= 11 is 5.99. The highest BCUT2D eigenvalue weighted by Crippen LogP contribution is 2.24. The van der Waals surface area contributed by atoms with Crippen molar-refractivity contribution in [2.45, 2.75) is 40.3 Å². The predicted octanol–water partition coefficient (Wildman–Crippen LogP) is 4.78. The average molecular weight is 305 g/mol. The van der Waals surface area contributed by atoms with Gasteiger partial charge in [0.25, 0.3) is 0 Å². The Morgan fingerprint density at radius 1 is 1.14 bits per heavy atom. The van der Waals surface area contributed by atoms with Crippen LogP contribution in [-0.2, 0) is 13.6 Å². The molecule has 0 bridgehead atoms. The molecule has 1 N–H and O–H groups in total. The molecule has 0 aliphatic rings. The van der Waals surface area contributed by atoms with Gasteiger partial charge >= 0.3 is 0 Å². The molecule has 21 heavy (non-hydrogen) atoms. The van der Waals surface area contributed by atoms with Gasteiger partial charge in [0, 0.05) is 36.0 Å². The molecule has 2 aromatic rings. The Morgan fingerprint density at radius 3 is 2.24 bits per heavy atom. The zero-order valence-corrected chi connectivity index (χ0v) is 14.3. The van der Waals surface area contributed by atoms with E-state index in [1.807, 2.05) is 12.1 Å². The zero-order chi connectivity index (χ0) is 15.6. The van der Waals surface area contributed by atoms with Gasteiger partial charge in [0.2, 0.25) is 0 Å². The number of nitrogens with one attached hydrogen (secondary N) is 1. The van der Waals surface area contributed by atoms with Crippen molar-refractivity contribution in [2.24, 2.45) is 13.0 Å². The van der Waals surface area contributed by atoms with Crippen molar-refractivity contribution in [3.63, 3.8) is 0 Å². The number of nitrogens with zero attached hydrogens (tertiary/aromatic N) is 1. The lowest BCUT2D eigenvalue weighted by Gasteiger charge is -2.23. The fourth-order valence-corrected chi connectivity index (χ4v) is 2.87. The molecule has 0 aliphatic carbocycles. The minimum Gasteiger partial charge on any atom is -0.352 e. The van der Waals surface area contributed by atoms with Crippen LogP contribution in [0.25, 0.3) is 0 Å². The van der Waals surface area contributed by atoms with E-state index >= 15 is 0 Å². The lowest BCUT2D eigenvalue weighted by molar-refractivity contribution is 0.410. The first kappa shape index (κ1) is 16.1. The van der Waals surface area contributed by atoms with E-state index in [4.69, 9.17) is 11.6 Å². The predicted molar refractivity (Wildman–Crippen MR) is 90.8 cm³/mol. The van der Waals surface area contributed by atoms with Crippen molar-refractivity contribution < 1.29 is 0 Å². The maximum absolute atomic E-state index is 5.99. The van der Waals surface area contributed by atoms with Gasteiger partial charge in [0.05, 0.1) is 0 Å². The number of hydrogen-bond donors (Lipinski definition) is 1. The lowest BCUT2D eigenvalue weighted by Crippen LogP contribution is -2.25. The van der Waals surface area contributed by atoms with E-state index in [2.05, 4.69) is 62.8 Å². The van der Waals surface area contributed by atoms with Gasteiger partial charge in [0.15, 0.2) is 0 Å². The fraction of sp³-hybridized carbons (Fsp3) is 0.444. The van der Waals surface area contributed by atoms with E-state index in [9.17, 15) is 0 Å². The van der Waals surface area contributed by atoms with Crippen LogP contribution in [0, 0.1) is 19.8 Å².